The second-order valence-electron chi connectivity index (χ2n) is 11.1. The smallest absolute Gasteiger partial charge is 0.262 e. The van der Waals surface area contributed by atoms with Crippen molar-refractivity contribution in [2.24, 2.45) is 0 Å². The Labute approximate surface area is 263 Å². The average molecular weight is 602 g/mol. The van der Waals surface area contributed by atoms with Gasteiger partial charge in [0.1, 0.15) is 5.75 Å². The number of anilines is 2. The van der Waals surface area contributed by atoms with Gasteiger partial charge in [-0.25, -0.2) is 0 Å². The number of thiocarbonyl (C=S) groups is 1. The first-order valence-corrected chi connectivity index (χ1v) is 15.1. The molecule has 5 aromatic rings. The van der Waals surface area contributed by atoms with Gasteiger partial charge in [-0.3, -0.25) is 9.78 Å². The van der Waals surface area contributed by atoms with Gasteiger partial charge in [-0.1, -0.05) is 42.5 Å². The molecule has 7 nitrogen and oxygen atoms in total. The molecule has 0 aliphatic carbocycles. The summed E-state index contributed by atoms with van der Waals surface area (Å²) in [4.78, 5) is 19.4. The van der Waals surface area contributed by atoms with Gasteiger partial charge in [0.15, 0.2) is 11.7 Å². The molecular formula is C36H35N5O2S. The third kappa shape index (κ3) is 5.68. The molecule has 2 aromatic heterocycles. The van der Waals surface area contributed by atoms with Crippen LogP contribution in [-0.4, -0.2) is 27.2 Å². The number of pyridine rings is 1. The summed E-state index contributed by atoms with van der Waals surface area (Å²) >= 11 is 5.97. The van der Waals surface area contributed by atoms with E-state index in [1.807, 2.05) is 79.0 Å². The normalized spacial score (nSPS) is 16.1. The zero-order valence-corrected chi connectivity index (χ0v) is 26.1. The van der Waals surface area contributed by atoms with Crippen LogP contribution in [-0.2, 0) is 4.79 Å². The maximum atomic E-state index is 12.6. The third-order valence-corrected chi connectivity index (χ3v) is 8.41. The molecule has 0 bridgehead atoms. The Morgan fingerprint density at radius 3 is 2.30 bits per heavy atom. The van der Waals surface area contributed by atoms with Crippen LogP contribution in [0, 0.1) is 27.7 Å². The van der Waals surface area contributed by atoms with Crippen LogP contribution in [0.4, 0.5) is 11.4 Å². The van der Waals surface area contributed by atoms with E-state index in [0.29, 0.717) is 16.5 Å². The molecule has 2 atom stereocenters. The van der Waals surface area contributed by atoms with Gasteiger partial charge in [0.25, 0.3) is 5.91 Å². The number of nitrogens with zero attached hydrogens (tertiary/aromatic N) is 3. The molecule has 1 fully saturated rings. The van der Waals surface area contributed by atoms with Gasteiger partial charge in [0.2, 0.25) is 0 Å². The van der Waals surface area contributed by atoms with E-state index in [4.69, 9.17) is 21.9 Å². The Balaban J connectivity index is 1.33. The molecular weight excluding hydrogens is 566 g/mol. The fourth-order valence-corrected chi connectivity index (χ4v) is 6.45. The van der Waals surface area contributed by atoms with Gasteiger partial charge >= 0.3 is 0 Å². The van der Waals surface area contributed by atoms with Gasteiger partial charge < -0.3 is 24.8 Å². The molecule has 1 aliphatic heterocycles. The highest BCUT2D eigenvalue weighted by Gasteiger charge is 2.42. The monoisotopic (exact) mass is 601 g/mol. The van der Waals surface area contributed by atoms with E-state index in [-0.39, 0.29) is 24.6 Å². The van der Waals surface area contributed by atoms with Crippen molar-refractivity contribution in [3.05, 3.63) is 137 Å². The molecule has 0 saturated carbocycles. The zero-order valence-electron chi connectivity index (χ0n) is 25.2. The number of rotatable bonds is 8. The number of para-hydroxylation sites is 2. The van der Waals surface area contributed by atoms with E-state index in [1.54, 1.807) is 0 Å². The van der Waals surface area contributed by atoms with Crippen molar-refractivity contribution in [1.29, 1.82) is 0 Å². The van der Waals surface area contributed by atoms with Crippen LogP contribution in [0.1, 0.15) is 45.9 Å². The van der Waals surface area contributed by atoms with E-state index in [1.165, 1.54) is 22.4 Å². The first-order valence-electron chi connectivity index (χ1n) is 14.7. The van der Waals surface area contributed by atoms with Gasteiger partial charge in [0, 0.05) is 29.0 Å². The highest BCUT2D eigenvalue weighted by atomic mass is 32.1. The molecule has 1 saturated heterocycles. The van der Waals surface area contributed by atoms with E-state index in [0.717, 1.165) is 22.8 Å². The molecule has 1 amide bonds. The Kier molecular flexibility index (Phi) is 8.17. The largest absolute Gasteiger partial charge is 0.484 e. The van der Waals surface area contributed by atoms with Crippen molar-refractivity contribution in [2.75, 3.05) is 16.8 Å². The maximum Gasteiger partial charge on any atom is 0.262 e. The lowest BCUT2D eigenvalue weighted by atomic mass is 9.96. The lowest BCUT2D eigenvalue weighted by Gasteiger charge is -2.28. The average Bonchev–Trinajstić information content (AvgIpc) is 3.52. The highest BCUT2D eigenvalue weighted by molar-refractivity contribution is 7.80. The minimum atomic E-state index is -0.230. The van der Waals surface area contributed by atoms with Crippen LogP contribution in [0.25, 0.3) is 5.69 Å². The second kappa shape index (κ2) is 12.3. The Bertz CT molecular complexity index is 1780. The second-order valence-corrected chi connectivity index (χ2v) is 11.5. The van der Waals surface area contributed by atoms with Gasteiger partial charge in [-0.05, 0) is 111 Å². The van der Waals surface area contributed by atoms with Crippen molar-refractivity contribution in [3.63, 3.8) is 0 Å². The third-order valence-electron chi connectivity index (χ3n) is 8.09. The summed E-state index contributed by atoms with van der Waals surface area (Å²) in [5, 5.41) is 7.11. The number of hydrogen-bond donors (Lipinski definition) is 2. The quantitative estimate of drug-likeness (QED) is 0.182. The zero-order chi connectivity index (χ0) is 30.8. The fraction of sp³-hybridized carbons (Fsp3) is 0.194. The van der Waals surface area contributed by atoms with Crippen LogP contribution < -0.4 is 20.3 Å². The van der Waals surface area contributed by atoms with Crippen LogP contribution in [0.2, 0.25) is 0 Å². The number of ether oxygens (including phenoxy) is 1. The molecule has 1 aliphatic rings. The van der Waals surface area contributed by atoms with Gasteiger partial charge in [0.05, 0.1) is 23.5 Å². The summed E-state index contributed by atoms with van der Waals surface area (Å²) in [6.07, 6.45) is 1.82. The maximum absolute atomic E-state index is 12.6. The summed E-state index contributed by atoms with van der Waals surface area (Å²) in [5.74, 6) is 0.422. The Hall–Kier alpha value is -4.95. The molecule has 3 aromatic carbocycles. The van der Waals surface area contributed by atoms with Gasteiger partial charge in [-0.2, -0.15) is 0 Å². The topological polar surface area (TPSA) is 71.4 Å². The number of amides is 1. The van der Waals surface area contributed by atoms with Crippen molar-refractivity contribution in [1.82, 2.24) is 14.9 Å². The first-order chi connectivity index (χ1) is 21.3. The number of aryl methyl sites for hydroxylation is 3. The number of aromatic nitrogens is 2. The number of carbonyl (C=O) groups is 1. The summed E-state index contributed by atoms with van der Waals surface area (Å²) in [6, 6.07) is 31.4. The van der Waals surface area contributed by atoms with E-state index in [9.17, 15) is 4.79 Å². The lowest BCUT2D eigenvalue weighted by molar-refractivity contribution is -0.118. The Morgan fingerprint density at radius 2 is 1.61 bits per heavy atom. The molecule has 0 radical (unpaired) electrons. The SMILES string of the molecule is Cc1cccc(C)c1-n1c(C)cc(C2C(c3ccccn3)NC(=S)N2c2ccc(NC(=O)COc3ccccc3)cc2)c1C. The Morgan fingerprint density at radius 1 is 0.909 bits per heavy atom. The predicted molar refractivity (Wildman–Crippen MR) is 180 cm³/mol. The molecule has 44 heavy (non-hydrogen) atoms. The number of benzene rings is 3. The highest BCUT2D eigenvalue weighted by Crippen LogP contribution is 2.44. The summed E-state index contributed by atoms with van der Waals surface area (Å²) < 4.78 is 7.94. The van der Waals surface area contributed by atoms with Gasteiger partial charge in [-0.15, -0.1) is 0 Å². The number of hydrogen-bond acceptors (Lipinski definition) is 4. The molecule has 2 unspecified atom stereocenters. The van der Waals surface area contributed by atoms with Crippen molar-refractivity contribution in [2.45, 2.75) is 39.8 Å². The lowest BCUT2D eigenvalue weighted by Crippen LogP contribution is -2.29. The standard InChI is InChI=1S/C36H35N5O2S/c1-23-11-10-12-24(2)34(23)40-25(3)21-30(26(40)4)35-33(31-15-8-9-20-37-31)39-36(44)41(35)28-18-16-27(17-19-28)38-32(42)22-43-29-13-6-5-7-14-29/h5-21,33,35H,22H2,1-4H3,(H,38,42)(H,39,44). The van der Waals surface area contributed by atoms with Crippen LogP contribution >= 0.6 is 12.2 Å². The predicted octanol–water partition coefficient (Wildman–Crippen LogP) is 7.30. The molecule has 8 heteroatoms. The van der Waals surface area contributed by atoms with Crippen molar-refractivity contribution >= 4 is 34.6 Å². The summed E-state index contributed by atoms with van der Waals surface area (Å²) in [6.45, 7) is 8.58. The first kappa shape index (κ1) is 29.1. The minimum Gasteiger partial charge on any atom is -0.484 e. The van der Waals surface area contributed by atoms with E-state index >= 15 is 0 Å². The fourth-order valence-electron chi connectivity index (χ4n) is 6.11. The van der Waals surface area contributed by atoms with Crippen LogP contribution in [0.3, 0.4) is 0 Å². The summed E-state index contributed by atoms with van der Waals surface area (Å²) in [5.41, 5.74) is 9.66. The minimum absolute atomic E-state index is 0.0737. The molecule has 2 N–H and O–H groups in total. The van der Waals surface area contributed by atoms with Crippen LogP contribution in [0.5, 0.6) is 5.75 Å². The summed E-state index contributed by atoms with van der Waals surface area (Å²) in [7, 11) is 0. The molecule has 6 rings (SSSR count). The molecule has 222 valence electrons. The van der Waals surface area contributed by atoms with Crippen molar-refractivity contribution < 1.29 is 9.53 Å². The molecule has 3 heterocycles. The number of carbonyl (C=O) groups excluding carboxylic acids is 1. The molecule has 0 spiro atoms. The van der Waals surface area contributed by atoms with E-state index in [2.05, 4.69) is 72.1 Å². The van der Waals surface area contributed by atoms with Crippen LogP contribution in [0.15, 0.2) is 103 Å². The van der Waals surface area contributed by atoms with Crippen molar-refractivity contribution in [3.8, 4) is 11.4 Å². The number of nitrogens with one attached hydrogen (secondary N) is 2. The van der Waals surface area contributed by atoms with E-state index < -0.39 is 0 Å².